The summed E-state index contributed by atoms with van der Waals surface area (Å²) in [7, 11) is 0. The van der Waals surface area contributed by atoms with E-state index < -0.39 is 0 Å². The maximum Gasteiger partial charge on any atom is 0.222 e. The Morgan fingerprint density at radius 1 is 1.29 bits per heavy atom. The van der Waals surface area contributed by atoms with E-state index in [-0.39, 0.29) is 11.4 Å². The summed E-state index contributed by atoms with van der Waals surface area (Å²) in [6.45, 7) is 4.09. The van der Waals surface area contributed by atoms with Crippen LogP contribution in [0.2, 0.25) is 0 Å². The molecule has 1 amide bonds. The second-order valence-electron chi connectivity index (χ2n) is 6.25. The van der Waals surface area contributed by atoms with Crippen molar-refractivity contribution in [1.82, 2.24) is 14.9 Å². The van der Waals surface area contributed by atoms with Crippen molar-refractivity contribution < 1.29 is 9.53 Å². The Kier molecular flexibility index (Phi) is 5.30. The van der Waals surface area contributed by atoms with Crippen LogP contribution in [-0.4, -0.2) is 28.7 Å². The smallest absolute Gasteiger partial charge is 0.222 e. The molecule has 1 aromatic heterocycles. The molecule has 1 fully saturated rings. The number of aryl methyl sites for hydroxylation is 2. The van der Waals surface area contributed by atoms with E-state index in [2.05, 4.69) is 33.9 Å². The fourth-order valence-electron chi connectivity index (χ4n) is 3.37. The van der Waals surface area contributed by atoms with Gasteiger partial charge in [0, 0.05) is 45.0 Å². The van der Waals surface area contributed by atoms with Crippen molar-refractivity contribution in [3.8, 4) is 0 Å². The number of aromatic nitrogens is 2. The van der Waals surface area contributed by atoms with Gasteiger partial charge in [-0.15, -0.1) is 0 Å². The lowest BCUT2D eigenvalue weighted by Crippen LogP contribution is -2.49. The van der Waals surface area contributed by atoms with Crippen molar-refractivity contribution in [2.75, 3.05) is 13.2 Å². The lowest BCUT2D eigenvalue weighted by Gasteiger charge is -2.38. The zero-order valence-corrected chi connectivity index (χ0v) is 14.2. The van der Waals surface area contributed by atoms with E-state index >= 15 is 0 Å². The third kappa shape index (κ3) is 3.67. The van der Waals surface area contributed by atoms with Crippen LogP contribution in [0.3, 0.4) is 0 Å². The van der Waals surface area contributed by atoms with Crippen LogP contribution in [0.1, 0.15) is 37.6 Å². The molecule has 2 aromatic rings. The van der Waals surface area contributed by atoms with Gasteiger partial charge in [-0.3, -0.25) is 4.79 Å². The summed E-state index contributed by atoms with van der Waals surface area (Å²) in [6, 6.07) is 10.2. The Morgan fingerprint density at radius 2 is 2.04 bits per heavy atom. The molecule has 24 heavy (non-hydrogen) atoms. The Morgan fingerprint density at radius 3 is 2.75 bits per heavy atom. The summed E-state index contributed by atoms with van der Waals surface area (Å²) in [5.41, 5.74) is 0.859. The van der Waals surface area contributed by atoms with Crippen LogP contribution in [0, 0.1) is 0 Å². The number of benzene rings is 1. The normalized spacial score (nSPS) is 16.7. The molecule has 0 unspecified atom stereocenters. The van der Waals surface area contributed by atoms with E-state index in [0.717, 1.165) is 25.1 Å². The van der Waals surface area contributed by atoms with Crippen LogP contribution < -0.4 is 5.32 Å². The number of hydrogen-bond donors (Lipinski definition) is 1. The number of imidazole rings is 1. The molecule has 5 nitrogen and oxygen atoms in total. The molecule has 1 N–H and O–H groups in total. The SMILES string of the molecule is CCc1nccn1CCC(=O)NC1(c2ccccc2)CCOCC1. The number of rotatable bonds is 6. The summed E-state index contributed by atoms with van der Waals surface area (Å²) in [6.07, 6.45) is 6.69. The zero-order chi connectivity index (χ0) is 16.8. The van der Waals surface area contributed by atoms with E-state index in [1.807, 2.05) is 24.4 Å². The minimum absolute atomic E-state index is 0.0801. The number of nitrogens with zero attached hydrogens (tertiary/aromatic N) is 2. The van der Waals surface area contributed by atoms with Crippen molar-refractivity contribution in [1.29, 1.82) is 0 Å². The van der Waals surface area contributed by atoms with Gasteiger partial charge in [0.25, 0.3) is 0 Å². The first-order chi connectivity index (χ1) is 11.7. The summed E-state index contributed by atoms with van der Waals surface area (Å²) < 4.78 is 7.57. The van der Waals surface area contributed by atoms with E-state index in [4.69, 9.17) is 4.74 Å². The number of ether oxygens (including phenoxy) is 1. The second kappa shape index (κ2) is 7.62. The molecular formula is C19H25N3O2. The third-order valence-corrected chi connectivity index (χ3v) is 4.75. The Labute approximate surface area is 143 Å². The molecule has 0 atom stereocenters. The molecule has 0 radical (unpaired) electrons. The summed E-state index contributed by atoms with van der Waals surface area (Å²) in [5, 5.41) is 3.30. The van der Waals surface area contributed by atoms with Gasteiger partial charge in [0.15, 0.2) is 0 Å². The average molecular weight is 327 g/mol. The molecule has 1 aliphatic heterocycles. The van der Waals surface area contributed by atoms with Crippen molar-refractivity contribution >= 4 is 5.91 Å². The van der Waals surface area contributed by atoms with Gasteiger partial charge in [-0.05, 0) is 18.4 Å². The first-order valence-corrected chi connectivity index (χ1v) is 8.68. The topological polar surface area (TPSA) is 56.2 Å². The van der Waals surface area contributed by atoms with Crippen LogP contribution >= 0.6 is 0 Å². The summed E-state index contributed by atoms with van der Waals surface area (Å²) in [4.78, 5) is 16.9. The van der Waals surface area contributed by atoms with Gasteiger partial charge in [0.1, 0.15) is 5.82 Å². The minimum Gasteiger partial charge on any atom is -0.381 e. The Bertz CT molecular complexity index is 660. The molecular weight excluding hydrogens is 302 g/mol. The van der Waals surface area contributed by atoms with E-state index in [1.165, 1.54) is 5.56 Å². The zero-order valence-electron chi connectivity index (χ0n) is 14.2. The van der Waals surface area contributed by atoms with Gasteiger partial charge in [-0.1, -0.05) is 37.3 Å². The Hall–Kier alpha value is -2.14. The predicted molar refractivity (Wildman–Crippen MR) is 92.5 cm³/mol. The van der Waals surface area contributed by atoms with Crippen molar-refractivity contribution in [2.24, 2.45) is 0 Å². The third-order valence-electron chi connectivity index (χ3n) is 4.75. The van der Waals surface area contributed by atoms with Crippen molar-refractivity contribution in [3.63, 3.8) is 0 Å². The summed E-state index contributed by atoms with van der Waals surface area (Å²) >= 11 is 0. The number of amides is 1. The molecule has 1 saturated heterocycles. The Balaban J connectivity index is 1.68. The lowest BCUT2D eigenvalue weighted by molar-refractivity contribution is -0.124. The van der Waals surface area contributed by atoms with Gasteiger partial charge in [-0.25, -0.2) is 4.98 Å². The van der Waals surface area contributed by atoms with Crippen LogP contribution in [0.4, 0.5) is 0 Å². The monoisotopic (exact) mass is 327 g/mol. The first-order valence-electron chi connectivity index (χ1n) is 8.68. The highest BCUT2D eigenvalue weighted by Gasteiger charge is 2.35. The van der Waals surface area contributed by atoms with E-state index in [1.54, 1.807) is 6.20 Å². The molecule has 128 valence electrons. The highest BCUT2D eigenvalue weighted by Crippen LogP contribution is 2.32. The molecule has 0 bridgehead atoms. The van der Waals surface area contributed by atoms with Gasteiger partial charge >= 0.3 is 0 Å². The van der Waals surface area contributed by atoms with E-state index in [0.29, 0.717) is 26.2 Å². The second-order valence-corrected chi connectivity index (χ2v) is 6.25. The molecule has 1 aromatic carbocycles. The first kappa shape index (κ1) is 16.7. The van der Waals surface area contributed by atoms with Gasteiger partial charge in [-0.2, -0.15) is 0 Å². The summed E-state index contributed by atoms with van der Waals surface area (Å²) in [5.74, 6) is 1.10. The number of carbonyl (C=O) groups excluding carboxylic acids is 1. The van der Waals surface area contributed by atoms with Gasteiger partial charge in [0.2, 0.25) is 5.91 Å². The number of carbonyl (C=O) groups is 1. The van der Waals surface area contributed by atoms with Crippen molar-refractivity contribution in [3.05, 3.63) is 54.1 Å². The fourth-order valence-corrected chi connectivity index (χ4v) is 3.37. The minimum atomic E-state index is -0.306. The molecule has 3 rings (SSSR count). The standard InChI is InChI=1S/C19H25N3O2/c1-2-17-20-11-13-22(17)12-8-18(23)21-19(9-14-24-15-10-19)16-6-4-3-5-7-16/h3-7,11,13H,2,8-10,12,14-15H2,1H3,(H,21,23). The quantitative estimate of drug-likeness (QED) is 0.887. The fraction of sp³-hybridized carbons (Fsp3) is 0.474. The maximum absolute atomic E-state index is 12.6. The van der Waals surface area contributed by atoms with Gasteiger partial charge in [0.05, 0.1) is 5.54 Å². The molecule has 0 saturated carbocycles. The molecule has 1 aliphatic rings. The average Bonchev–Trinajstić information content (AvgIpc) is 3.09. The molecule has 0 aliphatic carbocycles. The van der Waals surface area contributed by atoms with Crippen LogP contribution in [-0.2, 0) is 28.0 Å². The largest absolute Gasteiger partial charge is 0.381 e. The highest BCUT2D eigenvalue weighted by atomic mass is 16.5. The number of hydrogen-bond acceptors (Lipinski definition) is 3. The van der Waals surface area contributed by atoms with Crippen molar-refractivity contribution in [2.45, 2.75) is 44.7 Å². The van der Waals surface area contributed by atoms with Crippen LogP contribution in [0.15, 0.2) is 42.7 Å². The number of nitrogens with one attached hydrogen (secondary N) is 1. The molecule has 2 heterocycles. The maximum atomic E-state index is 12.6. The molecule has 0 spiro atoms. The van der Waals surface area contributed by atoms with Crippen LogP contribution in [0.5, 0.6) is 0 Å². The van der Waals surface area contributed by atoms with Gasteiger partial charge < -0.3 is 14.6 Å². The van der Waals surface area contributed by atoms with Crippen LogP contribution in [0.25, 0.3) is 0 Å². The van der Waals surface area contributed by atoms with E-state index in [9.17, 15) is 4.79 Å². The highest BCUT2D eigenvalue weighted by molar-refractivity contribution is 5.77. The predicted octanol–water partition coefficient (Wildman–Crippen LogP) is 2.66. The molecule has 5 heteroatoms. The lowest BCUT2D eigenvalue weighted by atomic mass is 9.82.